The summed E-state index contributed by atoms with van der Waals surface area (Å²) < 4.78 is 6.65. The summed E-state index contributed by atoms with van der Waals surface area (Å²) in [6.45, 7) is 0. The highest BCUT2D eigenvalue weighted by Crippen LogP contribution is 2.62. The van der Waals surface area contributed by atoms with Crippen molar-refractivity contribution < 1.29 is 4.74 Å². The van der Waals surface area contributed by atoms with Gasteiger partial charge < -0.3 is 9.64 Å². The molecule has 2 heteroatoms. The highest BCUT2D eigenvalue weighted by Gasteiger charge is 2.51. The number of para-hydroxylation sites is 3. The molecule has 0 atom stereocenters. The number of rotatable bonds is 8. The lowest BCUT2D eigenvalue weighted by Gasteiger charge is -2.39. The summed E-state index contributed by atoms with van der Waals surface area (Å²) in [6, 6.07) is 104. The van der Waals surface area contributed by atoms with E-state index < -0.39 is 5.41 Å². The SMILES string of the molecule is c1ccc(-c2ccccc2-c2ccccc2-c2ccccc2N(c2ccc(-c3ccc4c(c3)C3(c5ccccc5Oc5ccccc53)c3ccccc3-4)cc2)c2cccc(-c3ccc4ccccc4c3)c2)cc1. The third-order valence-electron chi connectivity index (χ3n) is 15.2. The lowest BCUT2D eigenvalue weighted by Crippen LogP contribution is -2.32. The predicted octanol–water partition coefficient (Wildman–Crippen LogP) is 19.1. The quantitative estimate of drug-likeness (QED) is 0.151. The summed E-state index contributed by atoms with van der Waals surface area (Å²) in [4.78, 5) is 2.44. The zero-order chi connectivity index (χ0) is 48.3. The molecule has 1 aliphatic heterocycles. The molecule has 1 spiro atoms. The van der Waals surface area contributed by atoms with E-state index >= 15 is 0 Å². The van der Waals surface area contributed by atoms with Gasteiger partial charge in [0, 0.05) is 28.1 Å². The number of hydrogen-bond acceptors (Lipinski definition) is 2. The number of hydrogen-bond donors (Lipinski definition) is 0. The molecule has 1 aliphatic carbocycles. The summed E-state index contributed by atoms with van der Waals surface area (Å²) in [5.41, 5.74) is 21.8. The van der Waals surface area contributed by atoms with Crippen LogP contribution < -0.4 is 9.64 Å². The molecule has 0 aromatic heterocycles. The normalized spacial score (nSPS) is 12.6. The van der Waals surface area contributed by atoms with Crippen LogP contribution in [-0.4, -0.2) is 0 Å². The number of nitrogens with zero attached hydrogens (tertiary/aromatic N) is 1. The average molecular weight is 930 g/mol. The Morgan fingerprint density at radius 2 is 0.740 bits per heavy atom. The first kappa shape index (κ1) is 42.4. The minimum Gasteiger partial charge on any atom is -0.457 e. The molecule has 0 bridgehead atoms. The first-order chi connectivity index (χ1) is 36.2. The number of benzene rings is 12. The molecule has 12 aromatic carbocycles. The van der Waals surface area contributed by atoms with E-state index in [2.05, 4.69) is 290 Å². The Bertz CT molecular complexity index is 4030. The summed E-state index contributed by atoms with van der Waals surface area (Å²) in [7, 11) is 0. The number of fused-ring (bicyclic) bond motifs is 10. The third kappa shape index (κ3) is 6.94. The smallest absolute Gasteiger partial charge is 0.132 e. The topological polar surface area (TPSA) is 12.5 Å². The van der Waals surface area contributed by atoms with E-state index in [0.717, 1.165) is 67.5 Å². The van der Waals surface area contributed by atoms with Crippen LogP contribution in [0.2, 0.25) is 0 Å². The van der Waals surface area contributed by atoms with E-state index in [4.69, 9.17) is 4.74 Å². The molecule has 0 saturated heterocycles. The van der Waals surface area contributed by atoms with Crippen LogP contribution in [0.5, 0.6) is 11.5 Å². The molecule has 0 fully saturated rings. The maximum absolute atomic E-state index is 6.65. The van der Waals surface area contributed by atoms with E-state index in [9.17, 15) is 0 Å². The van der Waals surface area contributed by atoms with Crippen LogP contribution in [0.15, 0.2) is 285 Å². The van der Waals surface area contributed by atoms with Gasteiger partial charge in [-0.3, -0.25) is 0 Å². The molecule has 1 heterocycles. The molecule has 0 unspecified atom stereocenters. The van der Waals surface area contributed by atoms with Gasteiger partial charge in [0.25, 0.3) is 0 Å². The summed E-state index contributed by atoms with van der Waals surface area (Å²) in [5.74, 6) is 1.79. The van der Waals surface area contributed by atoms with Gasteiger partial charge in [0.2, 0.25) is 0 Å². The van der Waals surface area contributed by atoms with Crippen molar-refractivity contribution in [2.45, 2.75) is 5.41 Å². The molecule has 14 rings (SSSR count). The van der Waals surface area contributed by atoms with Gasteiger partial charge in [0.15, 0.2) is 0 Å². The van der Waals surface area contributed by atoms with Crippen molar-refractivity contribution in [1.82, 2.24) is 0 Å². The fourth-order valence-electron chi connectivity index (χ4n) is 11.9. The maximum atomic E-state index is 6.65. The van der Waals surface area contributed by atoms with E-state index in [-0.39, 0.29) is 0 Å². The van der Waals surface area contributed by atoms with Crippen molar-refractivity contribution in [1.29, 1.82) is 0 Å². The zero-order valence-corrected chi connectivity index (χ0v) is 40.0. The summed E-state index contributed by atoms with van der Waals surface area (Å²) >= 11 is 0. The molecule has 0 radical (unpaired) electrons. The first-order valence-corrected chi connectivity index (χ1v) is 25.2. The van der Waals surface area contributed by atoms with Crippen LogP contribution in [0.4, 0.5) is 17.1 Å². The van der Waals surface area contributed by atoms with Gasteiger partial charge in [-0.1, -0.05) is 231 Å². The Balaban J connectivity index is 0.927. The number of anilines is 3. The van der Waals surface area contributed by atoms with Gasteiger partial charge in [-0.05, 0) is 138 Å². The largest absolute Gasteiger partial charge is 0.457 e. The van der Waals surface area contributed by atoms with Crippen molar-refractivity contribution in [3.05, 3.63) is 307 Å². The van der Waals surface area contributed by atoms with Crippen LogP contribution in [-0.2, 0) is 5.41 Å². The van der Waals surface area contributed by atoms with Crippen LogP contribution in [0.25, 0.3) is 77.5 Å². The van der Waals surface area contributed by atoms with Crippen molar-refractivity contribution >= 4 is 27.8 Å². The van der Waals surface area contributed by atoms with Crippen LogP contribution in [0, 0.1) is 0 Å². The standard InChI is InChI=1S/C71H47NO/c1-2-20-50(21-3-1)57-25-6-7-26-58(57)59-27-8-9-28-60(59)63-30-11-15-34-68(63)72(56-24-18-23-52(46-56)53-38-37-48-19-4-5-22-51(48)45-53)55-42-39-49(40-43-55)54-41-44-62-61-29-10-12-31-64(61)71(67(62)47-54)65-32-13-16-35-69(65)73-70-36-17-14-33-66(70)71/h1-47H. The summed E-state index contributed by atoms with van der Waals surface area (Å²) in [6.07, 6.45) is 0. The second-order valence-corrected chi connectivity index (χ2v) is 19.1. The fraction of sp³-hybridized carbons (Fsp3) is 0.0141. The van der Waals surface area contributed by atoms with Gasteiger partial charge in [0.1, 0.15) is 11.5 Å². The second kappa shape index (κ2) is 17.4. The van der Waals surface area contributed by atoms with Crippen molar-refractivity contribution in [3.8, 4) is 78.3 Å². The monoisotopic (exact) mass is 929 g/mol. The molecule has 2 aliphatic rings. The number of ether oxygens (including phenoxy) is 1. The van der Waals surface area contributed by atoms with Gasteiger partial charge in [-0.15, -0.1) is 0 Å². The zero-order valence-electron chi connectivity index (χ0n) is 40.0. The molecular formula is C71H47NO. The highest BCUT2D eigenvalue weighted by atomic mass is 16.5. The molecule has 342 valence electrons. The minimum atomic E-state index is -0.540. The Morgan fingerprint density at radius 1 is 0.247 bits per heavy atom. The Morgan fingerprint density at radius 3 is 1.48 bits per heavy atom. The third-order valence-corrected chi connectivity index (χ3v) is 15.2. The van der Waals surface area contributed by atoms with E-state index in [0.29, 0.717) is 0 Å². The molecule has 0 saturated carbocycles. The Labute approximate surface area is 426 Å². The van der Waals surface area contributed by atoms with Crippen LogP contribution >= 0.6 is 0 Å². The van der Waals surface area contributed by atoms with Crippen molar-refractivity contribution in [3.63, 3.8) is 0 Å². The predicted molar refractivity (Wildman–Crippen MR) is 303 cm³/mol. The molecule has 2 nitrogen and oxygen atoms in total. The van der Waals surface area contributed by atoms with Crippen LogP contribution in [0.1, 0.15) is 22.3 Å². The molecule has 73 heavy (non-hydrogen) atoms. The van der Waals surface area contributed by atoms with Crippen molar-refractivity contribution in [2.75, 3.05) is 4.90 Å². The molecular weight excluding hydrogens is 883 g/mol. The van der Waals surface area contributed by atoms with Gasteiger partial charge >= 0.3 is 0 Å². The highest BCUT2D eigenvalue weighted by molar-refractivity contribution is 5.98. The average Bonchev–Trinajstić information content (AvgIpc) is 3.82. The lowest BCUT2D eigenvalue weighted by molar-refractivity contribution is 0.436. The Hall–Kier alpha value is -9.50. The van der Waals surface area contributed by atoms with Gasteiger partial charge in [0.05, 0.1) is 11.1 Å². The maximum Gasteiger partial charge on any atom is 0.132 e. The molecule has 0 amide bonds. The van der Waals surface area contributed by atoms with E-state index in [1.54, 1.807) is 0 Å². The van der Waals surface area contributed by atoms with Crippen molar-refractivity contribution in [2.24, 2.45) is 0 Å². The van der Waals surface area contributed by atoms with Gasteiger partial charge in [-0.25, -0.2) is 0 Å². The van der Waals surface area contributed by atoms with E-state index in [1.807, 2.05) is 0 Å². The first-order valence-electron chi connectivity index (χ1n) is 25.2. The summed E-state index contributed by atoms with van der Waals surface area (Å²) in [5, 5.41) is 2.46. The van der Waals surface area contributed by atoms with E-state index in [1.165, 1.54) is 60.8 Å². The Kier molecular flexibility index (Phi) is 10.1. The second-order valence-electron chi connectivity index (χ2n) is 19.1. The van der Waals surface area contributed by atoms with Crippen LogP contribution in [0.3, 0.4) is 0 Å². The molecule has 12 aromatic rings. The lowest BCUT2D eigenvalue weighted by atomic mass is 9.66. The minimum absolute atomic E-state index is 0.540. The molecule has 0 N–H and O–H groups in total. The fourth-order valence-corrected chi connectivity index (χ4v) is 11.9. The van der Waals surface area contributed by atoms with Gasteiger partial charge in [-0.2, -0.15) is 0 Å².